The lowest BCUT2D eigenvalue weighted by molar-refractivity contribution is -0.320. The number of fused-ring (bicyclic) bond motifs is 5. The quantitative estimate of drug-likeness (QED) is 0.0926. The molecule has 0 spiro atoms. The lowest BCUT2D eigenvalue weighted by atomic mass is 9.73. The van der Waals surface area contributed by atoms with Gasteiger partial charge in [-0.1, -0.05) is 44.6 Å². The third-order valence-electron chi connectivity index (χ3n) is 15.6. The number of hydrogen-bond donors (Lipinski definition) is 4. The van der Waals surface area contributed by atoms with Gasteiger partial charge in [0.1, 0.15) is 23.9 Å². The van der Waals surface area contributed by atoms with Gasteiger partial charge in [-0.3, -0.25) is 14.5 Å². The van der Waals surface area contributed by atoms with E-state index in [1.165, 1.54) is 7.11 Å². The summed E-state index contributed by atoms with van der Waals surface area (Å²) in [6.07, 6.45) is -1.52. The van der Waals surface area contributed by atoms with Gasteiger partial charge < -0.3 is 63.3 Å². The van der Waals surface area contributed by atoms with Crippen molar-refractivity contribution in [1.29, 1.82) is 0 Å². The zero-order chi connectivity index (χ0) is 53.3. The number of esters is 1. The summed E-state index contributed by atoms with van der Waals surface area (Å²) in [5.74, 6) is -3.62. The Morgan fingerprint density at radius 2 is 1.68 bits per heavy atom. The summed E-state index contributed by atoms with van der Waals surface area (Å²) in [6, 6.07) is 3.57. The van der Waals surface area contributed by atoms with E-state index in [9.17, 15) is 25.3 Å². The molecule has 0 saturated carbocycles. The molecule has 4 aliphatic heterocycles. The summed E-state index contributed by atoms with van der Waals surface area (Å²) >= 11 is 0. The molecule has 0 unspecified atom stereocenters. The first-order valence-corrected chi connectivity index (χ1v) is 25.3. The largest absolute Gasteiger partial charge is 0.459 e. The van der Waals surface area contributed by atoms with Crippen molar-refractivity contribution in [2.24, 2.45) is 28.8 Å². The second-order valence-electron chi connectivity index (χ2n) is 21.2. The second-order valence-corrected chi connectivity index (χ2v) is 21.2. The Bertz CT molecular complexity index is 2070. The molecule has 2 aromatic heterocycles. The molecule has 0 aromatic carbocycles. The molecule has 0 amide bonds. The number of hydrogen-bond acceptors (Lipinski definition) is 20. The van der Waals surface area contributed by atoms with Crippen LogP contribution in [0.5, 0.6) is 0 Å². The van der Waals surface area contributed by atoms with E-state index in [0.29, 0.717) is 37.2 Å². The minimum atomic E-state index is -1.78. The molecule has 4 saturated heterocycles. The Morgan fingerprint density at radius 3 is 2.33 bits per heavy atom. The molecule has 6 rings (SSSR count). The number of aromatic nitrogens is 4. The Hall–Kier alpha value is -3.87. The number of ether oxygens (including phenoxy) is 8. The standard InChI is InChI=1S/C51H82N6O13.O2/c1-14-39-51(11,61)46-32(5)41(54-62)30(3)24-50(10,65-28-29(2)27-64-46)45(33(6)43(34(7)47(60)68-39)69-40-25-49(9,63-13)44(59)35(8)67-40)70-48-42(58)38(23-31(4)66-48)56(12)21-18-37-26-57(55-53-37)22-17-36-15-19-52-20-16-36;1-2/h15-16,19-20,26,30-35,38-40,42-46,48,58-59,61-62H,2,14,17-18,21-25,27-28H2,1,3-13H3;/b54-41+;/t30-,31-,32+,33+,34-,35+,38+,39-,40+,42-,43+,44+,45-,46-,48+,49-,50-,51-;/m1./s1. The molecule has 4 aliphatic rings. The third kappa shape index (κ3) is 13.7. The van der Waals surface area contributed by atoms with Crippen LogP contribution in [0.4, 0.5) is 0 Å². The molecule has 72 heavy (non-hydrogen) atoms. The van der Waals surface area contributed by atoms with Gasteiger partial charge in [-0.15, -0.1) is 5.10 Å². The Balaban J connectivity index is 0.00000475. The number of aliphatic hydroxyl groups is 3. The molecular formula is C51H82N6O15. The molecule has 21 heteroatoms. The number of methoxy groups -OCH3 is 1. The van der Waals surface area contributed by atoms with Gasteiger partial charge in [0.2, 0.25) is 0 Å². The van der Waals surface area contributed by atoms with Gasteiger partial charge >= 0.3 is 5.97 Å². The highest BCUT2D eigenvalue weighted by Crippen LogP contribution is 2.43. The maximum absolute atomic E-state index is 14.7. The van der Waals surface area contributed by atoms with Crippen LogP contribution in [0, 0.1) is 33.6 Å². The number of aryl methyl sites for hydroxylation is 2. The van der Waals surface area contributed by atoms with Crippen molar-refractivity contribution in [2.45, 2.75) is 199 Å². The van der Waals surface area contributed by atoms with Crippen molar-refractivity contribution in [3.8, 4) is 0 Å². The van der Waals surface area contributed by atoms with Crippen molar-refractivity contribution >= 4 is 11.7 Å². The SMILES string of the molecule is C=C1CO[C@@H]2[C@@H](C)/C(=N/O)[C@H](C)C[C@@](C)(OC1)[C@H](O[C@@H]1O[C@H](C)C[C@H](N(C)CCc3cn(CCc4ccncc4)nn3)[C@H]1O)[C@@H](C)[C@H](O[C@H]1C[C@@](C)(OC)[C@@H](O)[C@H](C)O1)[C@@H](C)C(=O)O[C@H](CC)[C@@]2(C)O.O=O. The maximum Gasteiger partial charge on any atom is 0.311 e. The fraction of sp³-hybridized carbons (Fsp3) is 0.784. The van der Waals surface area contributed by atoms with Gasteiger partial charge in [-0.05, 0) is 97.5 Å². The van der Waals surface area contributed by atoms with E-state index in [1.54, 1.807) is 40.1 Å². The van der Waals surface area contributed by atoms with Crippen LogP contribution in [0.1, 0.15) is 106 Å². The molecule has 18 atom stereocenters. The minimum absolute atomic E-state index is 0.00981. The van der Waals surface area contributed by atoms with E-state index in [2.05, 4.69) is 31.9 Å². The molecule has 6 heterocycles. The third-order valence-corrected chi connectivity index (χ3v) is 15.6. The van der Waals surface area contributed by atoms with Crippen LogP contribution in [0.25, 0.3) is 0 Å². The van der Waals surface area contributed by atoms with Gasteiger partial charge in [-0.25, -0.2) is 0 Å². The van der Waals surface area contributed by atoms with E-state index >= 15 is 0 Å². The van der Waals surface area contributed by atoms with Crippen LogP contribution >= 0.6 is 0 Å². The number of carbonyl (C=O) groups excluding carboxylic acids is 1. The van der Waals surface area contributed by atoms with E-state index in [1.807, 2.05) is 71.6 Å². The van der Waals surface area contributed by atoms with E-state index in [-0.39, 0.29) is 38.6 Å². The molecule has 406 valence electrons. The summed E-state index contributed by atoms with van der Waals surface area (Å²) in [4.78, 5) is 34.9. The van der Waals surface area contributed by atoms with Gasteiger partial charge in [0, 0.05) is 85.4 Å². The van der Waals surface area contributed by atoms with Crippen molar-refractivity contribution in [3.63, 3.8) is 0 Å². The highest BCUT2D eigenvalue weighted by molar-refractivity contribution is 5.88. The Kier molecular flexibility index (Phi) is 21.0. The van der Waals surface area contributed by atoms with Crippen molar-refractivity contribution in [3.05, 3.63) is 64.1 Å². The zero-order valence-electron chi connectivity index (χ0n) is 44.3. The highest BCUT2D eigenvalue weighted by atomic mass is 16.7. The summed E-state index contributed by atoms with van der Waals surface area (Å²) in [5, 5.41) is 59.5. The molecule has 21 nitrogen and oxygen atoms in total. The van der Waals surface area contributed by atoms with E-state index < -0.39 is 108 Å². The summed E-state index contributed by atoms with van der Waals surface area (Å²) in [6.45, 7) is 23.6. The van der Waals surface area contributed by atoms with Crippen molar-refractivity contribution < 1.29 is 63.2 Å². The monoisotopic (exact) mass is 1020 g/mol. The van der Waals surface area contributed by atoms with Gasteiger partial charge in [0.05, 0.1) is 72.3 Å². The molecule has 0 radical (unpaired) electrons. The van der Waals surface area contributed by atoms with Gasteiger partial charge in [-0.2, -0.15) is 0 Å². The zero-order valence-corrected chi connectivity index (χ0v) is 44.3. The first kappa shape index (κ1) is 59.0. The minimum Gasteiger partial charge on any atom is -0.459 e. The average Bonchev–Trinajstić information content (AvgIpc) is 3.82. The number of cyclic esters (lactones) is 1. The molecule has 4 fully saturated rings. The fourth-order valence-corrected chi connectivity index (χ4v) is 11.3. The van der Waals surface area contributed by atoms with Crippen LogP contribution in [-0.2, 0) is 62.1 Å². The predicted octanol–water partition coefficient (Wildman–Crippen LogP) is 4.57. The number of carbonyl (C=O) groups is 1. The van der Waals surface area contributed by atoms with Crippen LogP contribution in [0.15, 0.2) is 48.0 Å². The number of pyridine rings is 1. The van der Waals surface area contributed by atoms with Crippen LogP contribution in [-0.4, -0.2) is 175 Å². The molecular weight excluding hydrogens is 937 g/mol. The smallest absolute Gasteiger partial charge is 0.311 e. The molecule has 4 N–H and O–H groups in total. The second kappa shape index (κ2) is 25.6. The van der Waals surface area contributed by atoms with Crippen LogP contribution in [0.3, 0.4) is 0 Å². The highest BCUT2D eigenvalue weighted by Gasteiger charge is 2.55. The van der Waals surface area contributed by atoms with E-state index in [0.717, 1.165) is 17.7 Å². The summed E-state index contributed by atoms with van der Waals surface area (Å²) in [7, 11) is 3.48. The maximum atomic E-state index is 14.7. The topological polar surface area (TPSA) is 265 Å². The average molecular weight is 1020 g/mol. The lowest BCUT2D eigenvalue weighted by Gasteiger charge is -2.50. The molecule has 2 aromatic rings. The van der Waals surface area contributed by atoms with Gasteiger partial charge in [0.15, 0.2) is 12.6 Å². The Morgan fingerprint density at radius 1 is 0.986 bits per heavy atom. The van der Waals surface area contributed by atoms with Gasteiger partial charge in [0.25, 0.3) is 0 Å². The number of aliphatic hydroxyl groups excluding tert-OH is 2. The van der Waals surface area contributed by atoms with E-state index in [4.69, 9.17) is 47.8 Å². The number of oxime groups is 1. The lowest BCUT2D eigenvalue weighted by Crippen LogP contribution is -2.62. The molecule has 0 aliphatic carbocycles. The van der Waals surface area contributed by atoms with Crippen LogP contribution in [0.2, 0.25) is 0 Å². The number of likely N-dealkylation sites (N-methyl/N-ethyl adjacent to an activating group) is 1. The summed E-state index contributed by atoms with van der Waals surface area (Å²) < 4.78 is 54.5. The fourth-order valence-electron chi connectivity index (χ4n) is 11.3. The first-order valence-electron chi connectivity index (χ1n) is 25.3. The number of rotatable bonds is 13. The van der Waals surface area contributed by atoms with Crippen molar-refractivity contribution in [1.82, 2.24) is 24.9 Å². The normalized spacial score (nSPS) is 40.1. The number of nitrogens with zero attached hydrogens (tertiary/aromatic N) is 6. The Labute approximate surface area is 424 Å². The molecule has 2 bridgehead atoms. The van der Waals surface area contributed by atoms with Crippen LogP contribution < -0.4 is 0 Å². The summed E-state index contributed by atoms with van der Waals surface area (Å²) in [5.41, 5.74) is -1.25. The van der Waals surface area contributed by atoms with Crippen molar-refractivity contribution in [2.75, 3.05) is 33.9 Å². The first-order chi connectivity index (χ1) is 34.0. The predicted molar refractivity (Wildman–Crippen MR) is 264 cm³/mol.